The topological polar surface area (TPSA) is 119 Å². The van der Waals surface area contributed by atoms with Gasteiger partial charge in [0.15, 0.2) is 6.10 Å². The van der Waals surface area contributed by atoms with Gasteiger partial charge in [-0.2, -0.15) is 0 Å². The van der Waals surface area contributed by atoms with E-state index in [2.05, 4.69) is 10.6 Å². The van der Waals surface area contributed by atoms with Gasteiger partial charge in [0.1, 0.15) is 11.8 Å². The molecule has 2 aromatic rings. The number of hydrogen-bond acceptors (Lipinski definition) is 5. The largest absolute Gasteiger partial charge is 0.508 e. The normalized spacial score (nSPS) is 19.1. The van der Waals surface area contributed by atoms with E-state index in [9.17, 15) is 24.6 Å². The third-order valence-corrected chi connectivity index (χ3v) is 6.91. The molecule has 1 heterocycles. The van der Waals surface area contributed by atoms with E-state index in [1.54, 1.807) is 26.0 Å². The summed E-state index contributed by atoms with van der Waals surface area (Å²) >= 11 is 6.35. The number of carbonyl (C=O) groups is 3. The molecule has 206 valence electrons. The highest BCUT2D eigenvalue weighted by molar-refractivity contribution is 6.21. The van der Waals surface area contributed by atoms with Crippen molar-refractivity contribution < 1.29 is 24.6 Å². The summed E-state index contributed by atoms with van der Waals surface area (Å²) in [5.74, 6) is -1.56. The maximum absolute atomic E-state index is 13.6. The monoisotopic (exact) mass is 543 g/mol. The Labute approximate surface area is 229 Å². The van der Waals surface area contributed by atoms with Gasteiger partial charge in [0.25, 0.3) is 11.8 Å². The zero-order valence-corrected chi connectivity index (χ0v) is 23.6. The summed E-state index contributed by atoms with van der Waals surface area (Å²) in [6.45, 7) is 11.0. The van der Waals surface area contributed by atoms with E-state index in [1.807, 2.05) is 52.0 Å². The lowest BCUT2D eigenvalue weighted by atomic mass is 9.97. The van der Waals surface area contributed by atoms with E-state index in [4.69, 9.17) is 11.6 Å². The first-order chi connectivity index (χ1) is 17.7. The van der Waals surface area contributed by atoms with Gasteiger partial charge in [-0.1, -0.05) is 29.8 Å². The number of aryl methyl sites for hydroxylation is 2. The third-order valence-electron chi connectivity index (χ3n) is 6.59. The fourth-order valence-corrected chi connectivity index (χ4v) is 5.05. The number of phenols is 1. The number of alkyl halides is 1. The van der Waals surface area contributed by atoms with Crippen LogP contribution in [0.2, 0.25) is 0 Å². The zero-order chi connectivity index (χ0) is 28.4. The first-order valence-electron chi connectivity index (χ1n) is 12.8. The number of nitrogens with zero attached hydrogens (tertiary/aromatic N) is 1. The first kappa shape index (κ1) is 29.5. The summed E-state index contributed by atoms with van der Waals surface area (Å²) in [7, 11) is 0. The van der Waals surface area contributed by atoms with Crippen molar-refractivity contribution in [2.24, 2.45) is 0 Å². The second kappa shape index (κ2) is 11.7. The van der Waals surface area contributed by atoms with Crippen LogP contribution in [-0.4, -0.2) is 68.5 Å². The Balaban J connectivity index is 1.90. The highest BCUT2D eigenvalue weighted by atomic mass is 35.5. The molecule has 0 aliphatic carbocycles. The molecule has 2 aromatic carbocycles. The molecule has 1 saturated heterocycles. The summed E-state index contributed by atoms with van der Waals surface area (Å²) in [6.07, 6.45) is -1.20. The molecule has 0 bridgehead atoms. The summed E-state index contributed by atoms with van der Waals surface area (Å²) < 4.78 is 0. The van der Waals surface area contributed by atoms with Gasteiger partial charge in [0.2, 0.25) is 5.91 Å². The standard InChI is InChI=1S/C29H38ClN3O5/c1-16-8-7-9-19(10-16)13-22(31-26(36)21-11-17(2)12-24(34)18(21)3)25(35)28(38)33-15-20(30)14-23(33)27(37)32-29(4,5)6/h7-12,20,22-23,25,34-35H,13-15H2,1-6H3,(H,31,36)(H,32,37)/t20-,22-,23-,25-/m0/s1. The number of aliphatic hydroxyl groups excluding tert-OH is 1. The average molecular weight is 544 g/mol. The van der Waals surface area contributed by atoms with Crippen LogP contribution in [0.5, 0.6) is 5.75 Å². The van der Waals surface area contributed by atoms with E-state index < -0.39 is 40.9 Å². The number of rotatable bonds is 7. The van der Waals surface area contributed by atoms with Gasteiger partial charge in [0, 0.05) is 23.2 Å². The quantitative estimate of drug-likeness (QED) is 0.400. The van der Waals surface area contributed by atoms with Crippen LogP contribution in [-0.2, 0) is 16.0 Å². The molecule has 9 heteroatoms. The van der Waals surface area contributed by atoms with E-state index in [1.165, 1.54) is 4.90 Å². The van der Waals surface area contributed by atoms with Crippen molar-refractivity contribution in [2.75, 3.05) is 6.54 Å². The summed E-state index contributed by atoms with van der Waals surface area (Å²) in [5.41, 5.74) is 2.66. The van der Waals surface area contributed by atoms with Gasteiger partial charge in [-0.15, -0.1) is 11.6 Å². The highest BCUT2D eigenvalue weighted by Crippen LogP contribution is 2.26. The molecule has 0 radical (unpaired) electrons. The number of phenolic OH excluding ortho intramolecular Hbond substituents is 1. The van der Waals surface area contributed by atoms with Crippen LogP contribution < -0.4 is 10.6 Å². The van der Waals surface area contributed by atoms with E-state index >= 15 is 0 Å². The second-order valence-corrected chi connectivity index (χ2v) is 11.9. The molecular formula is C29H38ClN3O5. The Hall–Kier alpha value is -3.10. The number of aliphatic hydroxyl groups is 1. The van der Waals surface area contributed by atoms with Crippen LogP contribution in [0.3, 0.4) is 0 Å². The fraction of sp³-hybridized carbons (Fsp3) is 0.483. The highest BCUT2D eigenvalue weighted by Gasteiger charge is 2.43. The third kappa shape index (κ3) is 7.26. The molecular weight excluding hydrogens is 506 g/mol. The van der Waals surface area contributed by atoms with Crippen molar-refractivity contribution in [3.63, 3.8) is 0 Å². The van der Waals surface area contributed by atoms with Crippen LogP contribution in [0.4, 0.5) is 0 Å². The van der Waals surface area contributed by atoms with Crippen molar-refractivity contribution in [3.05, 3.63) is 64.2 Å². The number of carbonyl (C=O) groups excluding carboxylic acids is 3. The average Bonchev–Trinajstić information content (AvgIpc) is 3.20. The second-order valence-electron chi connectivity index (χ2n) is 11.3. The number of halogens is 1. The number of amides is 3. The predicted octanol–water partition coefficient (Wildman–Crippen LogP) is 3.14. The van der Waals surface area contributed by atoms with Gasteiger partial charge in [-0.05, 0) is 77.6 Å². The minimum atomic E-state index is -1.63. The molecule has 1 aliphatic heterocycles. The molecule has 1 fully saturated rings. The fourth-order valence-electron chi connectivity index (χ4n) is 4.73. The van der Waals surface area contributed by atoms with Crippen LogP contribution in [0.15, 0.2) is 36.4 Å². The lowest BCUT2D eigenvalue weighted by molar-refractivity contribution is -0.146. The molecule has 38 heavy (non-hydrogen) atoms. The molecule has 0 saturated carbocycles. The Kier molecular flexibility index (Phi) is 9.10. The van der Waals surface area contributed by atoms with Crippen molar-refractivity contribution in [1.82, 2.24) is 15.5 Å². The summed E-state index contributed by atoms with van der Waals surface area (Å²) in [6, 6.07) is 8.96. The predicted molar refractivity (Wildman–Crippen MR) is 147 cm³/mol. The number of benzene rings is 2. The molecule has 0 spiro atoms. The van der Waals surface area contributed by atoms with Crippen LogP contribution in [0.1, 0.15) is 59.8 Å². The Morgan fingerprint density at radius 1 is 1.11 bits per heavy atom. The Bertz CT molecular complexity index is 1210. The van der Waals surface area contributed by atoms with Crippen molar-refractivity contribution >= 4 is 29.3 Å². The first-order valence-corrected chi connectivity index (χ1v) is 13.2. The minimum Gasteiger partial charge on any atom is -0.508 e. The SMILES string of the molecule is Cc1cccc(C[C@H](NC(=O)c2cc(C)cc(O)c2C)[C@H](O)C(=O)N2C[C@@H](Cl)C[C@H]2C(=O)NC(C)(C)C)c1. The lowest BCUT2D eigenvalue weighted by Crippen LogP contribution is -2.57. The van der Waals surface area contributed by atoms with Gasteiger partial charge < -0.3 is 25.7 Å². The molecule has 0 unspecified atom stereocenters. The minimum absolute atomic E-state index is 0.0140. The number of aromatic hydroxyl groups is 1. The Morgan fingerprint density at radius 2 is 1.79 bits per heavy atom. The summed E-state index contributed by atoms with van der Waals surface area (Å²) in [5, 5.41) is 26.8. The van der Waals surface area contributed by atoms with Crippen LogP contribution >= 0.6 is 11.6 Å². The molecule has 0 aromatic heterocycles. The summed E-state index contributed by atoms with van der Waals surface area (Å²) in [4.78, 5) is 41.2. The number of likely N-dealkylation sites (tertiary alicyclic amines) is 1. The van der Waals surface area contributed by atoms with Crippen LogP contribution in [0, 0.1) is 20.8 Å². The van der Waals surface area contributed by atoms with E-state index in [0.717, 1.165) is 11.1 Å². The lowest BCUT2D eigenvalue weighted by Gasteiger charge is -2.32. The molecule has 3 amide bonds. The molecule has 1 aliphatic rings. The zero-order valence-electron chi connectivity index (χ0n) is 22.8. The van der Waals surface area contributed by atoms with E-state index in [0.29, 0.717) is 11.1 Å². The van der Waals surface area contributed by atoms with Crippen molar-refractivity contribution in [1.29, 1.82) is 0 Å². The van der Waals surface area contributed by atoms with Crippen molar-refractivity contribution in [3.8, 4) is 5.75 Å². The molecule has 3 rings (SSSR count). The maximum Gasteiger partial charge on any atom is 0.254 e. The van der Waals surface area contributed by atoms with Crippen LogP contribution in [0.25, 0.3) is 0 Å². The van der Waals surface area contributed by atoms with Gasteiger partial charge in [0.05, 0.1) is 11.4 Å². The van der Waals surface area contributed by atoms with Gasteiger partial charge in [-0.3, -0.25) is 14.4 Å². The van der Waals surface area contributed by atoms with Crippen molar-refractivity contribution in [2.45, 2.75) is 83.5 Å². The smallest absolute Gasteiger partial charge is 0.254 e. The molecule has 4 atom stereocenters. The van der Waals surface area contributed by atoms with Gasteiger partial charge >= 0.3 is 0 Å². The molecule has 4 N–H and O–H groups in total. The maximum atomic E-state index is 13.6. The van der Waals surface area contributed by atoms with E-state index in [-0.39, 0.29) is 36.6 Å². The molecule has 8 nitrogen and oxygen atoms in total. The number of nitrogens with one attached hydrogen (secondary N) is 2. The number of hydrogen-bond donors (Lipinski definition) is 4. The Morgan fingerprint density at radius 3 is 2.42 bits per heavy atom. The van der Waals surface area contributed by atoms with Gasteiger partial charge in [-0.25, -0.2) is 0 Å².